The van der Waals surface area contributed by atoms with Crippen LogP contribution in [0.15, 0.2) is 18.2 Å². The number of carboxylic acids is 1. The van der Waals surface area contributed by atoms with Gasteiger partial charge in [0.1, 0.15) is 0 Å². The molecule has 0 atom stereocenters. The highest BCUT2D eigenvalue weighted by atomic mass is 16.5. The maximum Gasteiger partial charge on any atom is 0.161 e. The van der Waals surface area contributed by atoms with E-state index in [1.54, 1.807) is 18.2 Å². The van der Waals surface area contributed by atoms with Gasteiger partial charge in [-0.05, 0) is 31.0 Å². The van der Waals surface area contributed by atoms with Crippen LogP contribution in [-0.4, -0.2) is 19.2 Å². The van der Waals surface area contributed by atoms with Gasteiger partial charge in [-0.25, -0.2) is 0 Å². The van der Waals surface area contributed by atoms with Gasteiger partial charge in [0.05, 0.1) is 13.2 Å². The molecule has 0 spiro atoms. The Hall–Kier alpha value is -1.71. The molecule has 0 aromatic heterocycles. The molecule has 0 bridgehead atoms. The highest BCUT2D eigenvalue weighted by molar-refractivity contribution is 5.68. The normalized spacial score (nSPS) is 10.2. The topological polar surface area (TPSA) is 58.6 Å². The molecular weight excluding hydrogens is 244 g/mol. The van der Waals surface area contributed by atoms with Gasteiger partial charge in [0.2, 0.25) is 0 Å². The van der Waals surface area contributed by atoms with Crippen molar-refractivity contribution in [2.75, 3.05) is 13.2 Å². The monoisotopic (exact) mass is 265 g/mol. The van der Waals surface area contributed by atoms with Crippen LogP contribution in [-0.2, 0) is 11.2 Å². The van der Waals surface area contributed by atoms with Gasteiger partial charge in [-0.3, -0.25) is 0 Å². The highest BCUT2D eigenvalue weighted by Gasteiger charge is 2.06. The lowest BCUT2D eigenvalue weighted by atomic mass is 10.1. The van der Waals surface area contributed by atoms with Crippen molar-refractivity contribution in [3.8, 4) is 11.5 Å². The lowest BCUT2D eigenvalue weighted by Crippen LogP contribution is -2.24. The molecule has 0 saturated heterocycles. The van der Waals surface area contributed by atoms with E-state index >= 15 is 0 Å². The smallest absolute Gasteiger partial charge is 0.161 e. The van der Waals surface area contributed by atoms with E-state index in [9.17, 15) is 9.90 Å². The van der Waals surface area contributed by atoms with Gasteiger partial charge in [-0.1, -0.05) is 25.8 Å². The number of ether oxygens (including phenoxy) is 2. The largest absolute Gasteiger partial charge is 0.550 e. The molecule has 4 nitrogen and oxygen atoms in total. The Morgan fingerprint density at radius 3 is 2.58 bits per heavy atom. The van der Waals surface area contributed by atoms with E-state index in [-0.39, 0.29) is 6.42 Å². The Morgan fingerprint density at radius 1 is 1.16 bits per heavy atom. The zero-order valence-electron chi connectivity index (χ0n) is 11.6. The molecule has 106 valence electrons. The second-order valence-electron chi connectivity index (χ2n) is 4.32. The minimum absolute atomic E-state index is 0.115. The van der Waals surface area contributed by atoms with Crippen LogP contribution in [0.4, 0.5) is 0 Å². The number of carbonyl (C=O) groups excluding carboxylic acids is 1. The van der Waals surface area contributed by atoms with Crippen molar-refractivity contribution in [1.29, 1.82) is 0 Å². The van der Waals surface area contributed by atoms with E-state index in [1.165, 1.54) is 0 Å². The number of benzene rings is 1. The first kappa shape index (κ1) is 15.3. The van der Waals surface area contributed by atoms with E-state index in [0.717, 1.165) is 19.3 Å². The minimum Gasteiger partial charge on any atom is -0.550 e. The molecule has 1 rings (SSSR count). The number of carboxylic acid groups (broad SMARTS) is 1. The second-order valence-corrected chi connectivity index (χ2v) is 4.32. The molecule has 19 heavy (non-hydrogen) atoms. The molecule has 1 aromatic carbocycles. The van der Waals surface area contributed by atoms with E-state index in [0.29, 0.717) is 30.3 Å². The van der Waals surface area contributed by atoms with Gasteiger partial charge in [-0.15, -0.1) is 0 Å². The van der Waals surface area contributed by atoms with Crippen molar-refractivity contribution in [1.82, 2.24) is 0 Å². The predicted molar refractivity (Wildman–Crippen MR) is 71.3 cm³/mol. The quantitative estimate of drug-likeness (QED) is 0.640. The molecule has 0 aliphatic carbocycles. The van der Waals surface area contributed by atoms with Crippen molar-refractivity contribution in [3.63, 3.8) is 0 Å². The summed E-state index contributed by atoms with van der Waals surface area (Å²) in [5.41, 5.74) is 0.657. The number of hydrogen-bond acceptors (Lipinski definition) is 4. The van der Waals surface area contributed by atoms with Crippen LogP contribution in [0.5, 0.6) is 11.5 Å². The highest BCUT2D eigenvalue weighted by Crippen LogP contribution is 2.28. The molecule has 0 heterocycles. The molecule has 0 N–H and O–H groups in total. The number of carbonyl (C=O) groups is 1. The summed E-state index contributed by atoms with van der Waals surface area (Å²) in [5.74, 6) is 0.164. The van der Waals surface area contributed by atoms with E-state index in [4.69, 9.17) is 9.47 Å². The predicted octanol–water partition coefficient (Wildman–Crippen LogP) is 1.95. The number of hydrogen-bond donors (Lipinski definition) is 0. The molecule has 0 amide bonds. The Kier molecular flexibility index (Phi) is 6.79. The van der Waals surface area contributed by atoms with Gasteiger partial charge in [0.15, 0.2) is 11.5 Å². The zero-order valence-corrected chi connectivity index (χ0v) is 11.6. The van der Waals surface area contributed by atoms with Crippen LogP contribution in [0.1, 0.15) is 38.7 Å². The summed E-state index contributed by atoms with van der Waals surface area (Å²) < 4.78 is 11.1. The lowest BCUT2D eigenvalue weighted by Gasteiger charge is -2.13. The third-order valence-corrected chi connectivity index (χ3v) is 2.66. The van der Waals surface area contributed by atoms with Gasteiger partial charge in [0.25, 0.3) is 0 Å². The van der Waals surface area contributed by atoms with Crippen molar-refractivity contribution >= 4 is 5.97 Å². The van der Waals surface area contributed by atoms with Crippen LogP contribution in [0.25, 0.3) is 0 Å². The first-order chi connectivity index (χ1) is 9.17. The summed E-state index contributed by atoms with van der Waals surface area (Å²) in [4.78, 5) is 10.6. The molecule has 0 unspecified atom stereocenters. The SMILES string of the molecule is CCCCCOc1ccc(CC(=O)[O-])cc1OCC. The van der Waals surface area contributed by atoms with E-state index in [2.05, 4.69) is 6.92 Å². The van der Waals surface area contributed by atoms with Gasteiger partial charge in [-0.2, -0.15) is 0 Å². The van der Waals surface area contributed by atoms with Crippen molar-refractivity contribution in [3.05, 3.63) is 23.8 Å². The fraction of sp³-hybridized carbons (Fsp3) is 0.533. The molecule has 0 fully saturated rings. The minimum atomic E-state index is -1.10. The lowest BCUT2D eigenvalue weighted by molar-refractivity contribution is -0.304. The summed E-state index contributed by atoms with van der Waals surface area (Å²) in [6.07, 6.45) is 3.16. The molecule has 0 saturated carbocycles. The van der Waals surface area contributed by atoms with Gasteiger partial charge < -0.3 is 19.4 Å². The molecule has 4 heteroatoms. The van der Waals surface area contributed by atoms with Crippen LogP contribution < -0.4 is 14.6 Å². The van der Waals surface area contributed by atoms with Crippen molar-refractivity contribution in [2.45, 2.75) is 39.5 Å². The Balaban J connectivity index is 2.70. The maximum atomic E-state index is 10.6. The van der Waals surface area contributed by atoms with Crippen LogP contribution in [0, 0.1) is 0 Å². The fourth-order valence-corrected chi connectivity index (χ4v) is 1.75. The zero-order chi connectivity index (χ0) is 14.1. The summed E-state index contributed by atoms with van der Waals surface area (Å²) >= 11 is 0. The first-order valence-electron chi connectivity index (χ1n) is 6.75. The van der Waals surface area contributed by atoms with Gasteiger partial charge in [0, 0.05) is 12.4 Å². The van der Waals surface area contributed by atoms with E-state index in [1.807, 2.05) is 6.92 Å². The van der Waals surface area contributed by atoms with Gasteiger partial charge >= 0.3 is 0 Å². The molecule has 0 aliphatic heterocycles. The summed E-state index contributed by atoms with van der Waals surface area (Å²) in [6.45, 7) is 5.18. The maximum absolute atomic E-state index is 10.6. The Labute approximate surface area is 114 Å². The molecule has 1 aromatic rings. The van der Waals surface area contributed by atoms with Crippen molar-refractivity contribution < 1.29 is 19.4 Å². The number of unbranched alkanes of at least 4 members (excludes halogenated alkanes) is 2. The van der Waals surface area contributed by atoms with Crippen LogP contribution in [0.3, 0.4) is 0 Å². The molecule has 0 aliphatic rings. The number of aliphatic carboxylic acids is 1. The van der Waals surface area contributed by atoms with Crippen LogP contribution in [0.2, 0.25) is 0 Å². The summed E-state index contributed by atoms with van der Waals surface area (Å²) in [5, 5.41) is 10.6. The molecule has 0 radical (unpaired) electrons. The molecular formula is C15H21O4-. The summed E-state index contributed by atoms with van der Waals surface area (Å²) in [7, 11) is 0. The average Bonchev–Trinajstić information content (AvgIpc) is 2.36. The van der Waals surface area contributed by atoms with Crippen LogP contribution >= 0.6 is 0 Å². The number of rotatable bonds is 9. The summed E-state index contributed by atoms with van der Waals surface area (Å²) in [6, 6.07) is 5.19. The standard InChI is InChI=1S/C15H22O4/c1-3-5-6-9-19-13-8-7-12(11-15(16)17)10-14(13)18-4-2/h7-8,10H,3-6,9,11H2,1-2H3,(H,16,17)/p-1. The van der Waals surface area contributed by atoms with E-state index < -0.39 is 5.97 Å². The Bertz CT molecular complexity index is 401. The Morgan fingerprint density at radius 2 is 1.95 bits per heavy atom. The average molecular weight is 265 g/mol. The van der Waals surface area contributed by atoms with Crippen molar-refractivity contribution in [2.24, 2.45) is 0 Å². The fourth-order valence-electron chi connectivity index (χ4n) is 1.75. The first-order valence-corrected chi connectivity index (χ1v) is 6.75. The third kappa shape index (κ3) is 5.64. The second kappa shape index (κ2) is 8.40. The third-order valence-electron chi connectivity index (χ3n) is 2.66.